The topological polar surface area (TPSA) is 50.4 Å². The Morgan fingerprint density at radius 1 is 1.26 bits per heavy atom. The standard InChI is InChI=1S/C15H22N2O2/c1-11(2)16-14-10-6-5-9-13(14)15(18)17-19-12-7-3-4-8-12/h5-6,9-12,16H,3-4,7-8H2,1-2H3,(H,17,18). The van der Waals surface area contributed by atoms with Crippen molar-refractivity contribution in [2.45, 2.75) is 51.7 Å². The summed E-state index contributed by atoms with van der Waals surface area (Å²) in [5.74, 6) is -0.185. The van der Waals surface area contributed by atoms with Crippen LogP contribution in [0.1, 0.15) is 49.9 Å². The summed E-state index contributed by atoms with van der Waals surface area (Å²) in [6, 6.07) is 7.77. The van der Waals surface area contributed by atoms with Crippen LogP contribution in [0.5, 0.6) is 0 Å². The highest BCUT2D eigenvalue weighted by Crippen LogP contribution is 2.21. The summed E-state index contributed by atoms with van der Waals surface area (Å²) in [5.41, 5.74) is 4.03. The molecule has 2 N–H and O–H groups in total. The van der Waals surface area contributed by atoms with E-state index in [1.807, 2.05) is 32.0 Å². The second-order valence-electron chi connectivity index (χ2n) is 5.30. The molecule has 0 heterocycles. The van der Waals surface area contributed by atoms with Crippen LogP contribution >= 0.6 is 0 Å². The Kier molecular flexibility index (Phi) is 4.80. The number of nitrogens with one attached hydrogen (secondary N) is 2. The molecule has 0 saturated heterocycles. The summed E-state index contributed by atoms with van der Waals surface area (Å²) in [5, 5.41) is 3.27. The van der Waals surface area contributed by atoms with Gasteiger partial charge in [-0.2, -0.15) is 0 Å². The number of hydroxylamine groups is 1. The molecule has 0 radical (unpaired) electrons. The quantitative estimate of drug-likeness (QED) is 0.802. The van der Waals surface area contributed by atoms with E-state index in [1.54, 1.807) is 6.07 Å². The second kappa shape index (κ2) is 6.57. The van der Waals surface area contributed by atoms with E-state index in [2.05, 4.69) is 10.8 Å². The number of hydrogen-bond acceptors (Lipinski definition) is 3. The number of hydrogen-bond donors (Lipinski definition) is 2. The Hall–Kier alpha value is -1.55. The molecular formula is C15H22N2O2. The van der Waals surface area contributed by atoms with Crippen LogP contribution in [0.25, 0.3) is 0 Å². The van der Waals surface area contributed by atoms with Crippen LogP contribution in [0, 0.1) is 0 Å². The van der Waals surface area contributed by atoms with Crippen molar-refractivity contribution in [3.05, 3.63) is 29.8 Å². The number of rotatable bonds is 5. The number of amides is 1. The van der Waals surface area contributed by atoms with Crippen LogP contribution in [-0.2, 0) is 4.84 Å². The lowest BCUT2D eigenvalue weighted by Crippen LogP contribution is -2.29. The number of benzene rings is 1. The lowest BCUT2D eigenvalue weighted by atomic mass is 10.1. The Labute approximate surface area is 114 Å². The third kappa shape index (κ3) is 3.96. The Morgan fingerprint density at radius 3 is 2.63 bits per heavy atom. The molecule has 2 rings (SSSR count). The van der Waals surface area contributed by atoms with Gasteiger partial charge in [0.1, 0.15) is 0 Å². The summed E-state index contributed by atoms with van der Waals surface area (Å²) in [6.45, 7) is 4.09. The van der Waals surface area contributed by atoms with E-state index in [1.165, 1.54) is 12.8 Å². The third-order valence-corrected chi connectivity index (χ3v) is 3.24. The predicted octanol–water partition coefficient (Wildman–Crippen LogP) is 3.11. The zero-order valence-electron chi connectivity index (χ0n) is 11.6. The van der Waals surface area contributed by atoms with E-state index in [0.29, 0.717) is 5.56 Å². The first-order valence-electron chi connectivity index (χ1n) is 6.98. The van der Waals surface area contributed by atoms with E-state index < -0.39 is 0 Å². The molecule has 1 aliphatic carbocycles. The molecule has 0 aromatic heterocycles. The van der Waals surface area contributed by atoms with Crippen molar-refractivity contribution < 1.29 is 9.63 Å². The van der Waals surface area contributed by atoms with Gasteiger partial charge in [0.25, 0.3) is 5.91 Å². The Morgan fingerprint density at radius 2 is 1.95 bits per heavy atom. The Bertz CT molecular complexity index is 426. The van der Waals surface area contributed by atoms with Crippen molar-refractivity contribution in [3.63, 3.8) is 0 Å². The number of para-hydroxylation sites is 1. The fraction of sp³-hybridized carbons (Fsp3) is 0.533. The molecule has 1 amide bonds. The van der Waals surface area contributed by atoms with Gasteiger partial charge < -0.3 is 5.32 Å². The van der Waals surface area contributed by atoms with Crippen molar-refractivity contribution in [2.24, 2.45) is 0 Å². The van der Waals surface area contributed by atoms with Crippen molar-refractivity contribution >= 4 is 11.6 Å². The molecule has 1 aromatic rings. The SMILES string of the molecule is CC(C)Nc1ccccc1C(=O)NOC1CCCC1. The van der Waals surface area contributed by atoms with E-state index in [9.17, 15) is 4.79 Å². The van der Waals surface area contributed by atoms with Gasteiger partial charge in [-0.15, -0.1) is 0 Å². The van der Waals surface area contributed by atoms with Gasteiger partial charge in [-0.3, -0.25) is 9.63 Å². The van der Waals surface area contributed by atoms with Gasteiger partial charge >= 0.3 is 0 Å². The molecule has 0 aliphatic heterocycles. The molecule has 1 fully saturated rings. The fourth-order valence-electron chi connectivity index (χ4n) is 2.32. The summed E-state index contributed by atoms with van der Waals surface area (Å²) in [4.78, 5) is 17.6. The minimum Gasteiger partial charge on any atom is -0.382 e. The highest BCUT2D eigenvalue weighted by molar-refractivity contribution is 5.99. The molecule has 104 valence electrons. The summed E-state index contributed by atoms with van der Waals surface area (Å²) in [7, 11) is 0. The smallest absolute Gasteiger partial charge is 0.276 e. The Balaban J connectivity index is 1.97. The van der Waals surface area contributed by atoms with Gasteiger partial charge in [-0.25, -0.2) is 5.48 Å². The average Bonchev–Trinajstić information content (AvgIpc) is 2.89. The molecule has 1 aliphatic rings. The largest absolute Gasteiger partial charge is 0.382 e. The molecule has 0 bridgehead atoms. The fourth-order valence-corrected chi connectivity index (χ4v) is 2.32. The molecule has 1 saturated carbocycles. The van der Waals surface area contributed by atoms with Crippen LogP contribution in [-0.4, -0.2) is 18.1 Å². The van der Waals surface area contributed by atoms with Crippen LogP contribution in [0.2, 0.25) is 0 Å². The second-order valence-corrected chi connectivity index (χ2v) is 5.30. The molecule has 1 aromatic carbocycles. The van der Waals surface area contributed by atoms with Gasteiger partial charge in [0, 0.05) is 11.7 Å². The van der Waals surface area contributed by atoms with Crippen molar-refractivity contribution in [1.29, 1.82) is 0 Å². The molecule has 0 unspecified atom stereocenters. The summed E-state index contributed by atoms with van der Waals surface area (Å²) in [6.07, 6.45) is 4.62. The van der Waals surface area contributed by atoms with Crippen molar-refractivity contribution in [1.82, 2.24) is 5.48 Å². The molecule has 0 atom stereocenters. The van der Waals surface area contributed by atoms with Crippen LogP contribution < -0.4 is 10.8 Å². The van der Waals surface area contributed by atoms with E-state index in [4.69, 9.17) is 4.84 Å². The number of anilines is 1. The van der Waals surface area contributed by atoms with Crippen molar-refractivity contribution in [2.75, 3.05) is 5.32 Å². The first kappa shape index (κ1) is 13.9. The first-order valence-corrected chi connectivity index (χ1v) is 6.98. The highest BCUT2D eigenvalue weighted by Gasteiger charge is 2.18. The number of carbonyl (C=O) groups is 1. The van der Waals surface area contributed by atoms with E-state index in [-0.39, 0.29) is 18.1 Å². The maximum atomic E-state index is 12.1. The normalized spacial score (nSPS) is 15.7. The van der Waals surface area contributed by atoms with Crippen LogP contribution in [0.4, 0.5) is 5.69 Å². The lowest BCUT2D eigenvalue weighted by Gasteiger charge is -2.16. The van der Waals surface area contributed by atoms with Gasteiger partial charge in [0.15, 0.2) is 0 Å². The van der Waals surface area contributed by atoms with Crippen LogP contribution in [0.3, 0.4) is 0 Å². The molecule has 4 heteroatoms. The molecule has 19 heavy (non-hydrogen) atoms. The minimum atomic E-state index is -0.185. The summed E-state index contributed by atoms with van der Waals surface area (Å²) >= 11 is 0. The first-order chi connectivity index (χ1) is 9.16. The zero-order chi connectivity index (χ0) is 13.7. The molecule has 0 spiro atoms. The maximum absolute atomic E-state index is 12.1. The molecular weight excluding hydrogens is 240 g/mol. The van der Waals surface area contributed by atoms with Gasteiger partial charge in [0.05, 0.1) is 11.7 Å². The van der Waals surface area contributed by atoms with E-state index in [0.717, 1.165) is 18.5 Å². The van der Waals surface area contributed by atoms with Crippen molar-refractivity contribution in [3.8, 4) is 0 Å². The zero-order valence-corrected chi connectivity index (χ0v) is 11.6. The highest BCUT2D eigenvalue weighted by atomic mass is 16.7. The third-order valence-electron chi connectivity index (χ3n) is 3.24. The minimum absolute atomic E-state index is 0.175. The monoisotopic (exact) mass is 262 g/mol. The molecule has 4 nitrogen and oxygen atoms in total. The van der Waals surface area contributed by atoms with Gasteiger partial charge in [0.2, 0.25) is 0 Å². The predicted molar refractivity (Wildman–Crippen MR) is 76.0 cm³/mol. The number of carbonyl (C=O) groups excluding carboxylic acids is 1. The van der Waals surface area contributed by atoms with Crippen LogP contribution in [0.15, 0.2) is 24.3 Å². The average molecular weight is 262 g/mol. The maximum Gasteiger partial charge on any atom is 0.276 e. The summed E-state index contributed by atoms with van der Waals surface area (Å²) < 4.78 is 0. The lowest BCUT2D eigenvalue weighted by molar-refractivity contribution is -0.0124. The van der Waals surface area contributed by atoms with Gasteiger partial charge in [-0.05, 0) is 38.8 Å². The van der Waals surface area contributed by atoms with Gasteiger partial charge in [-0.1, -0.05) is 25.0 Å². The van der Waals surface area contributed by atoms with E-state index >= 15 is 0 Å².